The molecular weight excluding hydrogens is 820 g/mol. The molecule has 0 radical (unpaired) electrons. The number of carbonyl (C=O) groups is 2. The van der Waals surface area contributed by atoms with Gasteiger partial charge in [-0.05, 0) is 30.5 Å². The standard InChI is InChI=1S/C34H28F13N3O4.Ni/c35-29(36,30(37,38)31(39,40)32(41,42)33(43,44)34(45,46)47)26(51)25(28(53)54)49-24(20-12-5-2-6-13-20)21-14-7-8-15-22(21)48-27(52)23-16-9-17-50(23)18-19-10-3-1-4-11-19;/h1-8,10-15,23,25-26,51H,9,16-18H2,(H2,48,49,52,53,54);/p-1/t23-,25+,26-;/m0./s1/i25D;. The van der Waals surface area contributed by atoms with E-state index in [4.69, 9.17) is 1.37 Å². The number of hydrogen-bond acceptors (Lipinski definition) is 5. The van der Waals surface area contributed by atoms with Gasteiger partial charge in [0, 0.05) is 28.6 Å². The van der Waals surface area contributed by atoms with Crippen molar-refractivity contribution in [2.24, 2.45) is 4.99 Å². The summed E-state index contributed by atoms with van der Waals surface area (Å²) in [5.74, 6) is -44.3. The van der Waals surface area contributed by atoms with Crippen LogP contribution in [0.3, 0.4) is 0 Å². The van der Waals surface area contributed by atoms with Crippen LogP contribution < -0.4 is 0 Å². The molecule has 7 nitrogen and oxygen atoms in total. The third-order valence-corrected chi connectivity index (χ3v) is 8.33. The van der Waals surface area contributed by atoms with Gasteiger partial charge in [0.1, 0.15) is 0 Å². The Morgan fingerprint density at radius 2 is 1.29 bits per heavy atom. The van der Waals surface area contributed by atoms with Gasteiger partial charge in [0.05, 0.1) is 19.0 Å². The van der Waals surface area contributed by atoms with E-state index < -0.39 is 82.8 Å². The number of aliphatic carboxylic acids is 1. The number of aliphatic hydroxyl groups is 1. The van der Waals surface area contributed by atoms with Gasteiger partial charge in [0.25, 0.3) is 0 Å². The molecule has 3 aromatic rings. The summed E-state index contributed by atoms with van der Waals surface area (Å²) < 4.78 is 189. The first-order valence-corrected chi connectivity index (χ1v) is 15.4. The number of carboxylic acid groups (broad SMARTS) is 1. The van der Waals surface area contributed by atoms with Crippen molar-refractivity contribution >= 4 is 23.3 Å². The number of para-hydroxylation sites is 1. The van der Waals surface area contributed by atoms with Crippen LogP contribution >= 0.6 is 0 Å². The van der Waals surface area contributed by atoms with Gasteiger partial charge in [-0.1, -0.05) is 84.9 Å². The van der Waals surface area contributed by atoms with Crippen LogP contribution in [0.4, 0.5) is 62.8 Å². The number of benzene rings is 3. The zero-order chi connectivity index (χ0) is 41.4. The second kappa shape index (κ2) is 16.5. The average molecular weight is 848 g/mol. The molecule has 0 spiro atoms. The number of hydrogen-bond donors (Lipinski definition) is 2. The van der Waals surface area contributed by atoms with E-state index in [0.717, 1.165) is 29.8 Å². The molecule has 1 amide bonds. The van der Waals surface area contributed by atoms with Crippen molar-refractivity contribution in [3.8, 4) is 0 Å². The predicted molar refractivity (Wildman–Crippen MR) is 165 cm³/mol. The molecule has 1 saturated heterocycles. The summed E-state index contributed by atoms with van der Waals surface area (Å²) in [7, 11) is 0. The molecule has 2 N–H and O–H groups in total. The van der Waals surface area contributed by atoms with Crippen molar-refractivity contribution in [1.82, 2.24) is 4.90 Å². The molecule has 4 rings (SSSR count). The Balaban J connectivity index is 0.00000841. The summed E-state index contributed by atoms with van der Waals surface area (Å²) >= 11 is 0. The van der Waals surface area contributed by atoms with Crippen molar-refractivity contribution < 1.29 is 94.7 Å². The molecule has 1 aliphatic rings. The molecule has 21 heteroatoms. The number of nitrogens with zero attached hydrogens (tertiary/aromatic N) is 3. The Morgan fingerprint density at radius 3 is 1.84 bits per heavy atom. The van der Waals surface area contributed by atoms with Crippen LogP contribution in [0.25, 0.3) is 5.32 Å². The zero-order valence-corrected chi connectivity index (χ0v) is 28.3. The van der Waals surface area contributed by atoms with E-state index in [9.17, 15) is 68.1 Å². The summed E-state index contributed by atoms with van der Waals surface area (Å²) in [4.78, 5) is 30.7. The van der Waals surface area contributed by atoms with Crippen molar-refractivity contribution in [2.45, 2.75) is 73.3 Å². The van der Waals surface area contributed by atoms with Gasteiger partial charge in [-0.3, -0.25) is 9.89 Å². The van der Waals surface area contributed by atoms with E-state index in [0.29, 0.717) is 25.9 Å². The Labute approximate surface area is 314 Å². The largest absolute Gasteiger partial charge is 0.625 e. The van der Waals surface area contributed by atoms with Gasteiger partial charge < -0.3 is 20.3 Å². The molecule has 1 aliphatic heterocycles. The number of halogens is 13. The van der Waals surface area contributed by atoms with Crippen molar-refractivity contribution in [2.75, 3.05) is 6.54 Å². The molecule has 0 bridgehead atoms. The van der Waals surface area contributed by atoms with Crippen LogP contribution in [0.5, 0.6) is 0 Å². The van der Waals surface area contributed by atoms with Crippen LogP contribution in [0.15, 0.2) is 89.9 Å². The number of aliphatic hydroxyl groups excluding tert-OH is 1. The number of amides is 1. The van der Waals surface area contributed by atoms with Crippen LogP contribution in [-0.2, 0) is 32.6 Å². The molecule has 3 aromatic carbocycles. The number of alkyl halides is 13. The second-order valence-corrected chi connectivity index (χ2v) is 11.9. The monoisotopic (exact) mass is 847 g/mol. The Kier molecular flexibility index (Phi) is 13.0. The summed E-state index contributed by atoms with van der Waals surface area (Å²) in [6, 6.07) is 13.5. The first-order valence-electron chi connectivity index (χ1n) is 15.9. The van der Waals surface area contributed by atoms with Crippen LogP contribution in [0.2, 0.25) is 0 Å². The molecule has 0 aliphatic carbocycles. The van der Waals surface area contributed by atoms with Crippen molar-refractivity contribution in [3.05, 3.63) is 107 Å². The van der Waals surface area contributed by atoms with Gasteiger partial charge >= 0.3 is 41.8 Å². The van der Waals surface area contributed by atoms with E-state index in [1.807, 2.05) is 0 Å². The third-order valence-electron chi connectivity index (χ3n) is 8.33. The topological polar surface area (TPSA) is 104 Å². The van der Waals surface area contributed by atoms with Crippen molar-refractivity contribution in [1.29, 1.82) is 0 Å². The number of carbonyl (C=O) groups excluding carboxylic acids is 1. The number of carboxylic acids is 1. The molecule has 1 fully saturated rings. The summed E-state index contributed by atoms with van der Waals surface area (Å²) in [5, 5.41) is 24.1. The summed E-state index contributed by atoms with van der Waals surface area (Å²) in [6.07, 6.45) is -12.0. The summed E-state index contributed by atoms with van der Waals surface area (Å²) in [6.45, 7) is 0.759. The fourth-order valence-electron chi connectivity index (χ4n) is 5.43. The molecular formula is C34H27F13N3NiO4-. The minimum Gasteiger partial charge on any atom is -0.625 e. The number of rotatable bonds is 14. The maximum Gasteiger partial charge on any atom is 0.460 e. The van der Waals surface area contributed by atoms with Crippen LogP contribution in [0, 0.1) is 0 Å². The van der Waals surface area contributed by atoms with Crippen molar-refractivity contribution in [3.63, 3.8) is 0 Å². The van der Waals surface area contributed by atoms with Gasteiger partial charge in [-0.15, -0.1) is 5.69 Å². The van der Waals surface area contributed by atoms with E-state index in [-0.39, 0.29) is 22.1 Å². The second-order valence-electron chi connectivity index (χ2n) is 11.9. The zero-order valence-electron chi connectivity index (χ0n) is 28.3. The van der Waals surface area contributed by atoms with Crippen LogP contribution in [-0.4, -0.2) is 93.2 Å². The van der Waals surface area contributed by atoms with E-state index in [2.05, 4.69) is 10.3 Å². The molecule has 1 heterocycles. The minimum atomic E-state index is -8.38. The maximum absolute atomic E-state index is 15.2. The Morgan fingerprint density at radius 1 is 0.782 bits per heavy atom. The van der Waals surface area contributed by atoms with E-state index in [1.54, 1.807) is 35.2 Å². The Bertz CT molecular complexity index is 1890. The molecule has 0 aromatic heterocycles. The minimum absolute atomic E-state index is 0. The fraction of sp³-hybridized carbons (Fsp3) is 0.382. The summed E-state index contributed by atoms with van der Waals surface area (Å²) in [5.41, 5.74) is -1.50. The molecule has 304 valence electrons. The average Bonchev–Trinajstić information content (AvgIpc) is 3.58. The SMILES string of the molecule is [2H][C@](N=C(c1ccccc1)c1ccccc1[N-]C(=O)[C@@H]1CCCN1Cc1ccccc1)(C(=O)O)[C@H](O)C(F)(F)C(F)(F)C(F)(F)C(F)(F)C(F)(F)C(F)(F)F.[Ni]. The predicted octanol–water partition coefficient (Wildman–Crippen LogP) is 8.27. The molecule has 0 saturated carbocycles. The smallest absolute Gasteiger partial charge is 0.460 e. The van der Waals surface area contributed by atoms with Gasteiger partial charge in [-0.25, -0.2) is 4.79 Å². The third kappa shape index (κ3) is 8.48. The molecule has 55 heavy (non-hydrogen) atoms. The maximum atomic E-state index is 15.2. The molecule has 0 unspecified atom stereocenters. The van der Waals surface area contributed by atoms with E-state index >= 15 is 8.78 Å². The first-order chi connectivity index (χ1) is 25.3. The number of aliphatic imine (C=N–C) groups is 1. The molecule has 3 atom stereocenters. The normalized spacial score (nSPS) is 18.5. The Hall–Kier alpha value is -4.23. The fourth-order valence-corrected chi connectivity index (χ4v) is 5.43. The van der Waals surface area contributed by atoms with Gasteiger partial charge in [-0.2, -0.15) is 57.1 Å². The van der Waals surface area contributed by atoms with Gasteiger partial charge in [0.15, 0.2) is 12.1 Å². The van der Waals surface area contributed by atoms with E-state index in [1.165, 1.54) is 30.3 Å². The quantitative estimate of drug-likeness (QED) is 0.0967. The van der Waals surface area contributed by atoms with Gasteiger partial charge in [0.2, 0.25) is 0 Å². The number of likely N-dealkylation sites (tertiary alicyclic amines) is 1. The first kappa shape index (κ1) is 43.5. The van der Waals surface area contributed by atoms with Crippen LogP contribution in [0.1, 0.15) is 30.9 Å².